The summed E-state index contributed by atoms with van der Waals surface area (Å²) in [6.45, 7) is -0.230. The Morgan fingerprint density at radius 2 is 1.64 bits per heavy atom. The number of carbonyl (C=O) groups is 3. The van der Waals surface area contributed by atoms with E-state index >= 15 is 0 Å². The molecule has 0 saturated carbocycles. The predicted molar refractivity (Wildman–Crippen MR) is 101 cm³/mol. The maximum atomic E-state index is 12.7. The monoisotopic (exact) mass is 386 g/mol. The summed E-state index contributed by atoms with van der Waals surface area (Å²) >= 11 is 0. The fourth-order valence-corrected chi connectivity index (χ4v) is 2.47. The minimum Gasteiger partial charge on any atom is -0.497 e. The average Bonchev–Trinajstić information content (AvgIpc) is 2.72. The van der Waals surface area contributed by atoms with Crippen LogP contribution >= 0.6 is 0 Å². The van der Waals surface area contributed by atoms with Gasteiger partial charge in [-0.05, 0) is 29.8 Å². The first kappa shape index (κ1) is 20.9. The molecule has 3 N–H and O–H groups in total. The van der Waals surface area contributed by atoms with Gasteiger partial charge in [0.25, 0.3) is 5.91 Å². The van der Waals surface area contributed by atoms with Gasteiger partial charge in [-0.1, -0.05) is 30.3 Å². The van der Waals surface area contributed by atoms with Crippen molar-refractivity contribution in [1.29, 1.82) is 0 Å². The second kappa shape index (κ2) is 10.1. The van der Waals surface area contributed by atoms with Crippen molar-refractivity contribution < 1.29 is 29.0 Å². The summed E-state index contributed by atoms with van der Waals surface area (Å²) in [4.78, 5) is 36.3. The lowest BCUT2D eigenvalue weighted by Gasteiger charge is -2.20. The van der Waals surface area contributed by atoms with Gasteiger partial charge in [-0.2, -0.15) is 0 Å². The van der Waals surface area contributed by atoms with Gasteiger partial charge in [0, 0.05) is 12.7 Å². The normalized spacial score (nSPS) is 12.5. The van der Waals surface area contributed by atoms with Gasteiger partial charge in [-0.25, -0.2) is 4.79 Å². The van der Waals surface area contributed by atoms with Crippen molar-refractivity contribution in [2.45, 2.75) is 12.1 Å². The molecule has 2 amide bonds. The third-order valence-corrected chi connectivity index (χ3v) is 4.04. The van der Waals surface area contributed by atoms with E-state index in [9.17, 15) is 14.4 Å². The van der Waals surface area contributed by atoms with E-state index < -0.39 is 29.9 Å². The number of methoxy groups -OCH3 is 2. The molecule has 0 heterocycles. The van der Waals surface area contributed by atoms with Gasteiger partial charge in [0.1, 0.15) is 11.8 Å². The molecule has 2 aromatic carbocycles. The van der Waals surface area contributed by atoms with E-state index in [1.807, 2.05) is 0 Å². The summed E-state index contributed by atoms with van der Waals surface area (Å²) in [5, 5.41) is 14.2. The molecule has 8 nitrogen and oxygen atoms in total. The molecule has 0 bridgehead atoms. The molecule has 0 radical (unpaired) electrons. The molecule has 0 aliphatic heterocycles. The van der Waals surface area contributed by atoms with E-state index in [2.05, 4.69) is 10.6 Å². The molecular formula is C20H22N2O6. The number of rotatable bonds is 9. The number of ether oxygens (including phenoxy) is 2. The third-order valence-electron chi connectivity index (χ3n) is 4.04. The van der Waals surface area contributed by atoms with Gasteiger partial charge in [-0.3, -0.25) is 9.59 Å². The van der Waals surface area contributed by atoms with Crippen LogP contribution in [0.25, 0.3) is 0 Å². The van der Waals surface area contributed by atoms with E-state index in [1.54, 1.807) is 54.6 Å². The zero-order valence-electron chi connectivity index (χ0n) is 15.5. The Bertz CT molecular complexity index is 807. The minimum atomic E-state index is -1.19. The summed E-state index contributed by atoms with van der Waals surface area (Å²) < 4.78 is 9.87. The molecule has 2 atom stereocenters. The van der Waals surface area contributed by atoms with Crippen molar-refractivity contribution in [1.82, 2.24) is 10.6 Å². The van der Waals surface area contributed by atoms with Gasteiger partial charge in [-0.15, -0.1) is 0 Å². The Balaban J connectivity index is 2.16. The molecule has 148 valence electrons. The van der Waals surface area contributed by atoms with Crippen LogP contribution in [0.1, 0.15) is 22.0 Å². The van der Waals surface area contributed by atoms with Gasteiger partial charge in [0.15, 0.2) is 6.10 Å². The Morgan fingerprint density at radius 1 is 1.00 bits per heavy atom. The van der Waals surface area contributed by atoms with Crippen LogP contribution in [-0.4, -0.2) is 49.8 Å². The second-order valence-electron chi connectivity index (χ2n) is 5.85. The number of hydrogen-bond acceptors (Lipinski definition) is 5. The SMILES string of the molecule is COc1ccc(C(=O)NC(C(=O)NCC(OC)C(=O)O)c2ccccc2)cc1. The van der Waals surface area contributed by atoms with Crippen LogP contribution in [0.2, 0.25) is 0 Å². The van der Waals surface area contributed by atoms with Crippen LogP contribution in [0.5, 0.6) is 5.75 Å². The van der Waals surface area contributed by atoms with Crippen LogP contribution in [0.15, 0.2) is 54.6 Å². The molecule has 0 aliphatic carbocycles. The molecule has 2 aromatic rings. The fraction of sp³-hybridized carbons (Fsp3) is 0.250. The quantitative estimate of drug-likeness (QED) is 0.600. The van der Waals surface area contributed by atoms with Crippen LogP contribution in [0.3, 0.4) is 0 Å². The number of amides is 2. The smallest absolute Gasteiger partial charge is 0.334 e. The lowest BCUT2D eigenvalue weighted by molar-refractivity contribution is -0.148. The first-order valence-corrected chi connectivity index (χ1v) is 8.49. The van der Waals surface area contributed by atoms with Crippen LogP contribution in [-0.2, 0) is 14.3 Å². The highest BCUT2D eigenvalue weighted by Crippen LogP contribution is 2.16. The number of benzene rings is 2. The Morgan fingerprint density at radius 3 is 2.18 bits per heavy atom. The van der Waals surface area contributed by atoms with Crippen molar-refractivity contribution in [3.05, 3.63) is 65.7 Å². The van der Waals surface area contributed by atoms with Gasteiger partial charge in [0.05, 0.1) is 13.7 Å². The lowest BCUT2D eigenvalue weighted by atomic mass is 10.1. The molecule has 8 heteroatoms. The zero-order valence-corrected chi connectivity index (χ0v) is 15.5. The number of hydrogen-bond donors (Lipinski definition) is 3. The molecule has 28 heavy (non-hydrogen) atoms. The molecule has 2 rings (SSSR count). The first-order chi connectivity index (χ1) is 13.5. The highest BCUT2D eigenvalue weighted by Gasteiger charge is 2.25. The number of carboxylic acid groups (broad SMARTS) is 1. The van der Waals surface area contributed by atoms with Crippen molar-refractivity contribution >= 4 is 17.8 Å². The van der Waals surface area contributed by atoms with E-state index in [0.717, 1.165) is 0 Å². The average molecular weight is 386 g/mol. The lowest BCUT2D eigenvalue weighted by Crippen LogP contribution is -2.44. The first-order valence-electron chi connectivity index (χ1n) is 8.49. The van der Waals surface area contributed by atoms with Crippen molar-refractivity contribution in [3.63, 3.8) is 0 Å². The summed E-state index contributed by atoms with van der Waals surface area (Å²) in [7, 11) is 2.76. The third kappa shape index (κ3) is 5.55. The number of carbonyl (C=O) groups excluding carboxylic acids is 2. The Labute approximate surface area is 162 Å². The largest absolute Gasteiger partial charge is 0.497 e. The zero-order chi connectivity index (χ0) is 20.5. The Kier molecular flexibility index (Phi) is 7.53. The van der Waals surface area contributed by atoms with Crippen LogP contribution in [0, 0.1) is 0 Å². The van der Waals surface area contributed by atoms with Gasteiger partial charge >= 0.3 is 5.97 Å². The molecular weight excluding hydrogens is 364 g/mol. The maximum absolute atomic E-state index is 12.7. The predicted octanol–water partition coefficient (Wildman–Crippen LogP) is 1.38. The highest BCUT2D eigenvalue weighted by atomic mass is 16.5. The summed E-state index contributed by atoms with van der Waals surface area (Å²) in [5.41, 5.74) is 0.918. The van der Waals surface area contributed by atoms with E-state index in [-0.39, 0.29) is 6.54 Å². The molecule has 0 aliphatic rings. The van der Waals surface area contributed by atoms with Crippen LogP contribution < -0.4 is 15.4 Å². The standard InChI is InChI=1S/C20H22N2O6/c1-27-15-10-8-14(9-11-15)18(23)22-17(13-6-4-3-5-7-13)19(24)21-12-16(28-2)20(25)26/h3-11,16-17H,12H2,1-2H3,(H,21,24)(H,22,23)(H,25,26). The molecule has 0 spiro atoms. The molecule has 0 aromatic heterocycles. The van der Waals surface area contributed by atoms with E-state index in [1.165, 1.54) is 14.2 Å². The van der Waals surface area contributed by atoms with Crippen molar-refractivity contribution in [2.24, 2.45) is 0 Å². The number of nitrogens with one attached hydrogen (secondary N) is 2. The minimum absolute atomic E-state index is 0.230. The van der Waals surface area contributed by atoms with Gasteiger partial charge in [0.2, 0.25) is 5.91 Å². The van der Waals surface area contributed by atoms with E-state index in [0.29, 0.717) is 16.9 Å². The van der Waals surface area contributed by atoms with Crippen LogP contribution in [0.4, 0.5) is 0 Å². The van der Waals surface area contributed by atoms with Crippen molar-refractivity contribution in [2.75, 3.05) is 20.8 Å². The number of aliphatic carboxylic acids is 1. The second-order valence-corrected chi connectivity index (χ2v) is 5.85. The van der Waals surface area contributed by atoms with Gasteiger partial charge < -0.3 is 25.2 Å². The van der Waals surface area contributed by atoms with Crippen molar-refractivity contribution in [3.8, 4) is 5.75 Å². The molecule has 2 unspecified atom stereocenters. The molecule has 0 saturated heterocycles. The summed E-state index contributed by atoms with van der Waals surface area (Å²) in [6.07, 6.45) is -1.18. The molecule has 0 fully saturated rings. The number of carboxylic acids is 1. The fourth-order valence-electron chi connectivity index (χ4n) is 2.47. The highest BCUT2D eigenvalue weighted by molar-refractivity contribution is 5.98. The Hall–Kier alpha value is -3.39. The summed E-state index contributed by atoms with van der Waals surface area (Å²) in [5.74, 6) is -1.58. The maximum Gasteiger partial charge on any atom is 0.334 e. The summed E-state index contributed by atoms with van der Waals surface area (Å²) in [6, 6.07) is 14.1. The topological polar surface area (TPSA) is 114 Å². The van der Waals surface area contributed by atoms with E-state index in [4.69, 9.17) is 14.6 Å².